The van der Waals surface area contributed by atoms with Crippen LogP contribution in [0.3, 0.4) is 0 Å². The minimum Gasteiger partial charge on any atom is -0.481 e. The number of fused-ring (bicyclic) bond motifs is 2. The van der Waals surface area contributed by atoms with Crippen molar-refractivity contribution in [3.8, 4) is 10.6 Å². The summed E-state index contributed by atoms with van der Waals surface area (Å²) in [6.45, 7) is 0. The summed E-state index contributed by atoms with van der Waals surface area (Å²) in [5.74, 6) is 0.576. The van der Waals surface area contributed by atoms with Crippen molar-refractivity contribution < 1.29 is 19.2 Å². The Kier molecular flexibility index (Phi) is 4.56. The maximum Gasteiger partial charge on any atom is 0.308 e. The molecule has 6 nitrogen and oxygen atoms in total. The Hall–Kier alpha value is -1.80. The fourth-order valence-corrected chi connectivity index (χ4v) is 5.32. The summed E-state index contributed by atoms with van der Waals surface area (Å²) < 4.78 is 5.34. The standard InChI is InChI=1S/C17H18N2O4S2/c20-16(19-11-3-4-13(19)12(7-11)17(21)22)9-24-8-10-6-14(23-18-10)15-2-1-5-25-15/h1-2,5-6,11-13H,3-4,7-9H2,(H,21,22). The van der Waals surface area contributed by atoms with E-state index in [1.54, 1.807) is 11.3 Å². The number of carbonyl (C=O) groups excluding carboxylic acids is 1. The molecule has 3 unspecified atom stereocenters. The average molecular weight is 378 g/mol. The highest BCUT2D eigenvalue weighted by Gasteiger charge is 2.50. The van der Waals surface area contributed by atoms with Gasteiger partial charge < -0.3 is 14.5 Å². The number of thiophene rings is 1. The van der Waals surface area contributed by atoms with E-state index in [0.717, 1.165) is 29.2 Å². The highest BCUT2D eigenvalue weighted by molar-refractivity contribution is 7.99. The molecule has 2 aliphatic rings. The van der Waals surface area contributed by atoms with Gasteiger partial charge in [-0.3, -0.25) is 9.59 Å². The number of carboxylic acid groups (broad SMARTS) is 1. The largest absolute Gasteiger partial charge is 0.481 e. The Bertz CT molecular complexity index is 773. The van der Waals surface area contributed by atoms with Gasteiger partial charge in [-0.15, -0.1) is 23.1 Å². The number of aromatic nitrogens is 1. The van der Waals surface area contributed by atoms with Crippen LogP contribution in [-0.4, -0.2) is 44.9 Å². The number of amides is 1. The predicted octanol–water partition coefficient (Wildman–Crippen LogP) is 3.10. The summed E-state index contributed by atoms with van der Waals surface area (Å²) in [5.41, 5.74) is 0.814. The van der Waals surface area contributed by atoms with Crippen molar-refractivity contribution in [2.45, 2.75) is 37.1 Å². The molecule has 0 saturated carbocycles. The minimum atomic E-state index is -0.777. The first-order valence-electron chi connectivity index (χ1n) is 8.24. The van der Waals surface area contributed by atoms with Gasteiger partial charge in [-0.05, 0) is 30.7 Å². The van der Waals surface area contributed by atoms with Gasteiger partial charge in [-0.2, -0.15) is 0 Å². The summed E-state index contributed by atoms with van der Waals surface area (Å²) in [6, 6.07) is 5.84. The fourth-order valence-electron chi connectivity index (χ4n) is 3.87. The van der Waals surface area contributed by atoms with Crippen LogP contribution in [0.4, 0.5) is 0 Å². The van der Waals surface area contributed by atoms with Crippen LogP contribution in [-0.2, 0) is 15.3 Å². The van der Waals surface area contributed by atoms with Crippen molar-refractivity contribution >= 4 is 35.0 Å². The third-order valence-electron chi connectivity index (χ3n) is 4.94. The van der Waals surface area contributed by atoms with E-state index in [2.05, 4.69) is 5.16 Å². The molecule has 2 bridgehead atoms. The molecule has 0 aliphatic carbocycles. The normalized spacial score (nSPS) is 24.8. The Morgan fingerprint density at radius 3 is 3.04 bits per heavy atom. The lowest BCUT2D eigenvalue weighted by atomic mass is 9.89. The van der Waals surface area contributed by atoms with E-state index < -0.39 is 11.9 Å². The van der Waals surface area contributed by atoms with E-state index in [1.165, 1.54) is 11.8 Å². The molecule has 2 aliphatic heterocycles. The van der Waals surface area contributed by atoms with Crippen LogP contribution in [0.25, 0.3) is 10.6 Å². The van der Waals surface area contributed by atoms with Crippen molar-refractivity contribution in [1.82, 2.24) is 10.1 Å². The molecule has 1 amide bonds. The Morgan fingerprint density at radius 2 is 2.32 bits per heavy atom. The zero-order chi connectivity index (χ0) is 17.4. The number of aliphatic carboxylic acids is 1. The van der Waals surface area contributed by atoms with Gasteiger partial charge in [0.05, 0.1) is 22.2 Å². The number of nitrogens with zero attached hydrogens (tertiary/aromatic N) is 2. The summed E-state index contributed by atoms with van der Waals surface area (Å²) in [5, 5.41) is 15.3. The van der Waals surface area contributed by atoms with E-state index in [0.29, 0.717) is 17.9 Å². The zero-order valence-corrected chi connectivity index (χ0v) is 15.1. The van der Waals surface area contributed by atoms with Crippen LogP contribution in [0.2, 0.25) is 0 Å². The molecule has 0 spiro atoms. The summed E-state index contributed by atoms with van der Waals surface area (Å²) in [4.78, 5) is 26.7. The SMILES string of the molecule is O=C(O)C1CC2CCC1N2C(=O)CSCc1cc(-c2cccs2)on1. The minimum absolute atomic E-state index is 0.0447. The van der Waals surface area contributed by atoms with Crippen LogP contribution in [0.5, 0.6) is 0 Å². The number of carbonyl (C=O) groups is 2. The molecule has 8 heteroatoms. The third-order valence-corrected chi connectivity index (χ3v) is 6.78. The molecular formula is C17H18N2O4S2. The molecule has 132 valence electrons. The smallest absolute Gasteiger partial charge is 0.308 e. The van der Waals surface area contributed by atoms with E-state index in [4.69, 9.17) is 4.52 Å². The Balaban J connectivity index is 1.31. The van der Waals surface area contributed by atoms with Crippen LogP contribution >= 0.6 is 23.1 Å². The van der Waals surface area contributed by atoms with Crippen molar-refractivity contribution in [3.05, 3.63) is 29.3 Å². The number of rotatable bonds is 6. The van der Waals surface area contributed by atoms with Crippen LogP contribution in [0, 0.1) is 5.92 Å². The second kappa shape index (κ2) is 6.84. The quantitative estimate of drug-likeness (QED) is 0.832. The predicted molar refractivity (Wildman–Crippen MR) is 95.4 cm³/mol. The first-order valence-corrected chi connectivity index (χ1v) is 10.3. The molecule has 0 aromatic carbocycles. The third kappa shape index (κ3) is 3.20. The van der Waals surface area contributed by atoms with E-state index >= 15 is 0 Å². The van der Waals surface area contributed by atoms with Gasteiger partial charge in [0.1, 0.15) is 0 Å². The van der Waals surface area contributed by atoms with E-state index in [1.807, 2.05) is 28.5 Å². The molecule has 2 fully saturated rings. The second-order valence-electron chi connectivity index (χ2n) is 6.43. The monoisotopic (exact) mass is 378 g/mol. The molecule has 2 aromatic rings. The molecule has 1 N–H and O–H groups in total. The van der Waals surface area contributed by atoms with Gasteiger partial charge in [0.2, 0.25) is 5.91 Å². The van der Waals surface area contributed by atoms with Crippen LogP contribution in [0.15, 0.2) is 28.1 Å². The van der Waals surface area contributed by atoms with Crippen molar-refractivity contribution in [2.24, 2.45) is 5.92 Å². The molecular weight excluding hydrogens is 360 g/mol. The molecule has 3 atom stereocenters. The first-order chi connectivity index (χ1) is 12.1. The molecule has 2 aromatic heterocycles. The second-order valence-corrected chi connectivity index (χ2v) is 8.37. The Morgan fingerprint density at radius 1 is 1.44 bits per heavy atom. The van der Waals surface area contributed by atoms with Gasteiger partial charge in [-0.25, -0.2) is 0 Å². The number of carboxylic acids is 1. The van der Waals surface area contributed by atoms with Crippen LogP contribution in [0.1, 0.15) is 25.0 Å². The van der Waals surface area contributed by atoms with Crippen molar-refractivity contribution in [3.63, 3.8) is 0 Å². The first kappa shape index (κ1) is 16.7. The van der Waals surface area contributed by atoms with Crippen LogP contribution < -0.4 is 0 Å². The topological polar surface area (TPSA) is 83.6 Å². The number of hydrogen-bond acceptors (Lipinski definition) is 6. The lowest BCUT2D eigenvalue weighted by molar-refractivity contribution is -0.143. The van der Waals surface area contributed by atoms with Gasteiger partial charge in [-0.1, -0.05) is 11.2 Å². The van der Waals surface area contributed by atoms with Crippen molar-refractivity contribution in [2.75, 3.05) is 5.75 Å². The van der Waals surface area contributed by atoms with Crippen molar-refractivity contribution in [1.29, 1.82) is 0 Å². The highest BCUT2D eigenvalue weighted by Crippen LogP contribution is 2.42. The molecule has 4 rings (SSSR count). The molecule has 4 heterocycles. The van der Waals surface area contributed by atoms with Gasteiger partial charge in [0.25, 0.3) is 0 Å². The number of hydrogen-bond donors (Lipinski definition) is 1. The summed E-state index contributed by atoms with van der Waals surface area (Å²) >= 11 is 3.09. The highest BCUT2D eigenvalue weighted by atomic mass is 32.2. The lowest BCUT2D eigenvalue weighted by Crippen LogP contribution is -2.38. The number of thioether (sulfide) groups is 1. The Labute approximate surface area is 153 Å². The average Bonchev–Trinajstić information content (AvgIpc) is 3.36. The summed E-state index contributed by atoms with van der Waals surface area (Å²) in [7, 11) is 0. The maximum absolute atomic E-state index is 12.5. The van der Waals surface area contributed by atoms with E-state index in [-0.39, 0.29) is 18.0 Å². The molecule has 0 radical (unpaired) electrons. The van der Waals surface area contributed by atoms with Gasteiger partial charge in [0.15, 0.2) is 5.76 Å². The zero-order valence-electron chi connectivity index (χ0n) is 13.5. The van der Waals surface area contributed by atoms with E-state index in [9.17, 15) is 14.7 Å². The molecule has 25 heavy (non-hydrogen) atoms. The fraction of sp³-hybridized carbons (Fsp3) is 0.471. The molecule has 2 saturated heterocycles. The van der Waals surface area contributed by atoms with Gasteiger partial charge >= 0.3 is 5.97 Å². The lowest BCUT2D eigenvalue weighted by Gasteiger charge is -2.22. The maximum atomic E-state index is 12.5. The summed E-state index contributed by atoms with van der Waals surface area (Å²) in [6.07, 6.45) is 2.34. The van der Waals surface area contributed by atoms with Gasteiger partial charge in [0, 0.05) is 23.9 Å².